The van der Waals surface area contributed by atoms with Crippen molar-refractivity contribution in [2.24, 2.45) is 5.73 Å². The van der Waals surface area contributed by atoms with Crippen molar-refractivity contribution in [2.45, 2.75) is 38.6 Å². The molecular weight excluding hydrogens is 350 g/mol. The number of primary amides is 1. The van der Waals surface area contributed by atoms with Crippen LogP contribution < -0.4 is 11.1 Å². The molecule has 0 radical (unpaired) electrons. The van der Waals surface area contributed by atoms with Crippen LogP contribution in [0, 0.1) is 0 Å². The lowest BCUT2D eigenvalue weighted by molar-refractivity contribution is -0.119. The van der Waals surface area contributed by atoms with Gasteiger partial charge in [0.1, 0.15) is 6.04 Å². The van der Waals surface area contributed by atoms with Crippen molar-refractivity contribution >= 4 is 22.7 Å². The van der Waals surface area contributed by atoms with E-state index in [1.165, 1.54) is 0 Å². The van der Waals surface area contributed by atoms with Gasteiger partial charge in [0.05, 0.1) is 5.52 Å². The summed E-state index contributed by atoms with van der Waals surface area (Å²) >= 11 is 0. The van der Waals surface area contributed by atoms with E-state index in [1.807, 2.05) is 48.5 Å². The fraction of sp³-hybridized carbons (Fsp3) is 0.261. The van der Waals surface area contributed by atoms with Gasteiger partial charge in [0.2, 0.25) is 5.91 Å². The first-order chi connectivity index (χ1) is 13.2. The summed E-state index contributed by atoms with van der Waals surface area (Å²) in [6, 6.07) is 18.1. The van der Waals surface area contributed by atoms with E-state index in [1.54, 1.807) is 12.1 Å². The minimum atomic E-state index is -0.830. The number of para-hydroxylation sites is 1. The number of rotatable bonds is 5. The second kappa shape index (κ2) is 7.80. The lowest BCUT2D eigenvalue weighted by atomic mass is 9.86. The fourth-order valence-corrected chi connectivity index (χ4v) is 3.02. The summed E-state index contributed by atoms with van der Waals surface area (Å²) in [6.07, 6.45) is 0.242. The van der Waals surface area contributed by atoms with Gasteiger partial charge in [0.25, 0.3) is 5.91 Å². The Morgan fingerprint density at radius 1 is 1.00 bits per heavy atom. The van der Waals surface area contributed by atoms with Crippen LogP contribution in [0.3, 0.4) is 0 Å². The standard InChI is InChI=1S/C23H25N3O2/c1-23(2,3)17-11-8-16(9-12-17)22(28)26-20(21(24)27)14-18-13-10-15-6-4-5-7-19(15)25-18/h4-13,20H,14H2,1-3H3,(H2,24,27)(H,26,28)/t20-/m0/s1. The molecule has 144 valence electrons. The van der Waals surface area contributed by atoms with Gasteiger partial charge >= 0.3 is 0 Å². The number of amides is 2. The molecule has 0 aliphatic carbocycles. The third kappa shape index (κ3) is 4.55. The van der Waals surface area contributed by atoms with Crippen molar-refractivity contribution in [1.29, 1.82) is 0 Å². The van der Waals surface area contributed by atoms with Crippen LogP contribution in [-0.4, -0.2) is 22.8 Å². The quantitative estimate of drug-likeness (QED) is 0.717. The molecule has 2 aromatic carbocycles. The van der Waals surface area contributed by atoms with Gasteiger partial charge in [0, 0.05) is 23.1 Å². The average molecular weight is 375 g/mol. The largest absolute Gasteiger partial charge is 0.368 e. The summed E-state index contributed by atoms with van der Waals surface area (Å²) in [4.78, 5) is 29.0. The third-order valence-corrected chi connectivity index (χ3v) is 4.73. The topological polar surface area (TPSA) is 85.1 Å². The maximum absolute atomic E-state index is 12.6. The maximum Gasteiger partial charge on any atom is 0.251 e. The second-order valence-electron chi connectivity index (χ2n) is 7.96. The van der Waals surface area contributed by atoms with E-state index < -0.39 is 11.9 Å². The fourth-order valence-electron chi connectivity index (χ4n) is 3.02. The van der Waals surface area contributed by atoms with Gasteiger partial charge in [-0.2, -0.15) is 0 Å². The number of aromatic nitrogens is 1. The van der Waals surface area contributed by atoms with Crippen LogP contribution in [0.4, 0.5) is 0 Å². The monoisotopic (exact) mass is 375 g/mol. The minimum absolute atomic E-state index is 0.00647. The van der Waals surface area contributed by atoms with Crippen molar-refractivity contribution < 1.29 is 9.59 Å². The Labute approximate surface area is 165 Å². The van der Waals surface area contributed by atoms with Crippen LogP contribution in [0.5, 0.6) is 0 Å². The number of fused-ring (bicyclic) bond motifs is 1. The molecule has 1 heterocycles. The van der Waals surface area contributed by atoms with Crippen molar-refractivity contribution in [3.63, 3.8) is 0 Å². The minimum Gasteiger partial charge on any atom is -0.368 e. The number of benzene rings is 2. The zero-order chi connectivity index (χ0) is 20.3. The van der Waals surface area contributed by atoms with E-state index in [-0.39, 0.29) is 17.7 Å². The molecule has 1 aromatic heterocycles. The molecule has 0 aliphatic heterocycles. The summed E-state index contributed by atoms with van der Waals surface area (Å²) < 4.78 is 0. The molecule has 5 heteroatoms. The van der Waals surface area contributed by atoms with Gasteiger partial charge in [-0.1, -0.05) is 57.2 Å². The van der Waals surface area contributed by atoms with Crippen LogP contribution in [0.15, 0.2) is 60.7 Å². The molecule has 0 unspecified atom stereocenters. The molecule has 3 aromatic rings. The highest BCUT2D eigenvalue weighted by Gasteiger charge is 2.21. The van der Waals surface area contributed by atoms with E-state index in [9.17, 15) is 9.59 Å². The predicted molar refractivity (Wildman–Crippen MR) is 111 cm³/mol. The zero-order valence-corrected chi connectivity index (χ0v) is 16.4. The molecule has 0 saturated heterocycles. The lowest BCUT2D eigenvalue weighted by Crippen LogP contribution is -2.46. The number of hydrogen-bond acceptors (Lipinski definition) is 3. The van der Waals surface area contributed by atoms with Gasteiger partial charge in [-0.3, -0.25) is 14.6 Å². The number of nitrogens with zero attached hydrogens (tertiary/aromatic N) is 1. The zero-order valence-electron chi connectivity index (χ0n) is 16.4. The average Bonchev–Trinajstić information content (AvgIpc) is 2.66. The van der Waals surface area contributed by atoms with E-state index in [0.717, 1.165) is 16.5 Å². The summed E-state index contributed by atoms with van der Waals surface area (Å²) in [5.74, 6) is -0.917. The molecule has 3 rings (SSSR count). The Bertz CT molecular complexity index is 1000. The normalized spacial score (nSPS) is 12.5. The molecular formula is C23H25N3O2. The van der Waals surface area contributed by atoms with Crippen molar-refractivity contribution in [3.05, 3.63) is 77.5 Å². The Balaban J connectivity index is 1.75. The number of hydrogen-bond donors (Lipinski definition) is 2. The van der Waals surface area contributed by atoms with Crippen LogP contribution in [0.25, 0.3) is 10.9 Å². The smallest absolute Gasteiger partial charge is 0.251 e. The maximum atomic E-state index is 12.6. The van der Waals surface area contributed by atoms with Crippen molar-refractivity contribution in [3.8, 4) is 0 Å². The van der Waals surface area contributed by atoms with Crippen LogP contribution >= 0.6 is 0 Å². The summed E-state index contributed by atoms with van der Waals surface area (Å²) in [5, 5.41) is 3.75. The lowest BCUT2D eigenvalue weighted by Gasteiger charge is -2.19. The molecule has 0 spiro atoms. The molecule has 28 heavy (non-hydrogen) atoms. The van der Waals surface area contributed by atoms with E-state index in [2.05, 4.69) is 31.1 Å². The van der Waals surface area contributed by atoms with Gasteiger partial charge in [-0.15, -0.1) is 0 Å². The van der Waals surface area contributed by atoms with E-state index >= 15 is 0 Å². The van der Waals surface area contributed by atoms with Crippen LogP contribution in [0.1, 0.15) is 42.4 Å². The Hall–Kier alpha value is -3.21. The number of carbonyl (C=O) groups is 2. The number of pyridine rings is 1. The molecule has 2 amide bonds. The Morgan fingerprint density at radius 2 is 1.68 bits per heavy atom. The third-order valence-electron chi connectivity index (χ3n) is 4.73. The number of nitrogens with one attached hydrogen (secondary N) is 1. The van der Waals surface area contributed by atoms with E-state index in [4.69, 9.17) is 5.73 Å². The molecule has 5 nitrogen and oxygen atoms in total. The molecule has 1 atom stereocenters. The van der Waals surface area contributed by atoms with Crippen molar-refractivity contribution in [2.75, 3.05) is 0 Å². The first-order valence-electron chi connectivity index (χ1n) is 9.29. The highest BCUT2D eigenvalue weighted by atomic mass is 16.2. The molecule has 0 bridgehead atoms. The molecule has 0 aliphatic rings. The van der Waals surface area contributed by atoms with Gasteiger partial charge < -0.3 is 11.1 Å². The summed E-state index contributed by atoms with van der Waals surface area (Å²) in [6.45, 7) is 6.34. The highest BCUT2D eigenvalue weighted by molar-refractivity contribution is 5.97. The predicted octanol–water partition coefficient (Wildman–Crippen LogP) is 3.36. The van der Waals surface area contributed by atoms with Crippen molar-refractivity contribution in [1.82, 2.24) is 10.3 Å². The van der Waals surface area contributed by atoms with Crippen LogP contribution in [-0.2, 0) is 16.6 Å². The highest BCUT2D eigenvalue weighted by Crippen LogP contribution is 2.22. The van der Waals surface area contributed by atoms with E-state index in [0.29, 0.717) is 11.3 Å². The number of nitrogens with two attached hydrogens (primary N) is 1. The second-order valence-corrected chi connectivity index (χ2v) is 7.96. The summed E-state index contributed by atoms with van der Waals surface area (Å²) in [5.41, 5.74) is 8.70. The molecule has 3 N–H and O–H groups in total. The Kier molecular flexibility index (Phi) is 5.45. The Morgan fingerprint density at radius 3 is 2.32 bits per heavy atom. The summed E-state index contributed by atoms with van der Waals surface area (Å²) in [7, 11) is 0. The number of carbonyl (C=O) groups excluding carboxylic acids is 2. The van der Waals surface area contributed by atoms with Crippen LogP contribution in [0.2, 0.25) is 0 Å². The molecule has 0 fully saturated rings. The molecule has 0 saturated carbocycles. The first-order valence-corrected chi connectivity index (χ1v) is 9.29. The van der Waals surface area contributed by atoms with Gasteiger partial charge in [-0.05, 0) is 35.2 Å². The SMILES string of the molecule is CC(C)(C)c1ccc(C(=O)N[C@@H](Cc2ccc3ccccc3n2)C(N)=O)cc1. The van der Waals surface area contributed by atoms with Gasteiger partial charge in [0.15, 0.2) is 0 Å². The van der Waals surface area contributed by atoms with Gasteiger partial charge in [-0.25, -0.2) is 0 Å². The first kappa shape index (κ1) is 19.5.